The Morgan fingerprint density at radius 3 is 2.45 bits per heavy atom. The summed E-state index contributed by atoms with van der Waals surface area (Å²) in [6.07, 6.45) is -1.39. The van der Waals surface area contributed by atoms with Crippen molar-refractivity contribution in [1.29, 1.82) is 0 Å². The van der Waals surface area contributed by atoms with E-state index in [0.29, 0.717) is 5.69 Å². The van der Waals surface area contributed by atoms with Gasteiger partial charge in [0.1, 0.15) is 11.8 Å². The van der Waals surface area contributed by atoms with Gasteiger partial charge in [0, 0.05) is 37.8 Å². The van der Waals surface area contributed by atoms with Gasteiger partial charge in [0.25, 0.3) is 15.2 Å². The molecule has 0 saturated carbocycles. The van der Waals surface area contributed by atoms with E-state index in [1.165, 1.54) is 43.2 Å². The number of hydrogen-bond acceptors (Lipinski definition) is 9. The molecule has 2 fully saturated rings. The van der Waals surface area contributed by atoms with Gasteiger partial charge in [0.2, 0.25) is 5.91 Å². The Kier molecular flexibility index (Phi) is 9.02. The fraction of sp³-hybridized carbons (Fsp3) is 0.375. The number of nitrogens with one attached hydrogen (secondary N) is 2. The van der Waals surface area contributed by atoms with Crippen LogP contribution in [0.4, 0.5) is 30.6 Å². The minimum atomic E-state index is -4.09. The van der Waals surface area contributed by atoms with Gasteiger partial charge in [-0.3, -0.25) is 14.5 Å². The van der Waals surface area contributed by atoms with E-state index in [1.807, 2.05) is 0 Å². The third kappa shape index (κ3) is 6.57. The van der Waals surface area contributed by atoms with Crippen LogP contribution in [0.3, 0.4) is 0 Å². The molecule has 0 bridgehead atoms. The van der Waals surface area contributed by atoms with E-state index < -0.39 is 33.9 Å². The molecule has 1 unspecified atom stereocenters. The first-order chi connectivity index (χ1) is 19.0. The lowest BCUT2D eigenvalue weighted by molar-refractivity contribution is -0.114. The van der Waals surface area contributed by atoms with Gasteiger partial charge in [-0.25, -0.2) is 22.0 Å². The van der Waals surface area contributed by atoms with Gasteiger partial charge in [0.05, 0.1) is 43.9 Å². The number of carbonyl (C=O) groups excluding carboxylic acids is 2. The number of rotatable bonds is 7. The maximum atomic E-state index is 15.2. The Balaban J connectivity index is 1.44. The molecule has 2 heterocycles. The zero-order chi connectivity index (χ0) is 29.0. The number of benzene rings is 2. The Labute approximate surface area is 234 Å². The molecule has 0 radical (unpaired) electrons. The average molecular weight is 600 g/mol. The molecule has 0 spiro atoms. The van der Waals surface area contributed by atoms with E-state index in [0.717, 1.165) is 21.5 Å². The summed E-state index contributed by atoms with van der Waals surface area (Å²) < 4.78 is 67.4. The number of hydrogen-bond donors (Lipinski definition) is 2. The van der Waals surface area contributed by atoms with Crippen LogP contribution in [0.2, 0.25) is 0 Å². The van der Waals surface area contributed by atoms with Crippen molar-refractivity contribution in [2.75, 3.05) is 61.6 Å². The predicted molar refractivity (Wildman–Crippen MR) is 144 cm³/mol. The summed E-state index contributed by atoms with van der Waals surface area (Å²) in [6.45, 7) is 1.06. The zero-order valence-corrected chi connectivity index (χ0v) is 23.2. The fourth-order valence-corrected chi connectivity index (χ4v) is 5.53. The molecule has 16 heteroatoms. The number of nitrogens with zero attached hydrogens (tertiary/aromatic N) is 3. The number of ether oxygens (including phenoxy) is 2. The quantitative estimate of drug-likeness (QED) is 0.457. The largest absolute Gasteiger partial charge is 0.474 e. The van der Waals surface area contributed by atoms with Crippen LogP contribution in [-0.4, -0.2) is 82.6 Å². The summed E-state index contributed by atoms with van der Waals surface area (Å²) in [7, 11) is -2.71. The normalized spacial score (nSPS) is 18.2. The van der Waals surface area contributed by atoms with Crippen LogP contribution in [0, 0.1) is 11.6 Å². The zero-order valence-electron chi connectivity index (χ0n) is 21.6. The minimum absolute atomic E-state index is 0.000411. The second-order valence-corrected chi connectivity index (χ2v) is 11.0. The number of sulfonamides is 1. The van der Waals surface area contributed by atoms with E-state index in [4.69, 9.17) is 26.5 Å². The monoisotopic (exact) mass is 599 g/mol. The Bertz CT molecular complexity index is 1370. The lowest BCUT2D eigenvalue weighted by atomic mass is 10.2. The molecule has 4 rings (SSSR count). The molecule has 12 nitrogen and oxygen atoms in total. The lowest BCUT2D eigenvalue weighted by Crippen LogP contribution is -2.35. The van der Waals surface area contributed by atoms with E-state index >= 15 is 8.78 Å². The number of halogens is 2. The Morgan fingerprint density at radius 1 is 1.15 bits per heavy atom. The van der Waals surface area contributed by atoms with Crippen LogP contribution in [-0.2, 0) is 29.1 Å². The molecule has 2 aromatic carbocycles. The number of amides is 2. The SMILES string of the molecule is COC(=S)NCC1CN(c2cc(F)c(N3CCON(S(=O)(=O)c4ccc(NC(C)=O)cc4)CC3)c(F)c2)C(=O)O1. The van der Waals surface area contributed by atoms with Crippen LogP contribution in [0.1, 0.15) is 6.92 Å². The van der Waals surface area contributed by atoms with Crippen molar-refractivity contribution >= 4 is 56.5 Å². The molecular weight excluding hydrogens is 572 g/mol. The molecule has 2 aliphatic rings. The van der Waals surface area contributed by atoms with Gasteiger partial charge < -0.3 is 25.0 Å². The Hall–Kier alpha value is -3.60. The molecule has 1 atom stereocenters. The van der Waals surface area contributed by atoms with Gasteiger partial charge in [0.15, 0.2) is 11.6 Å². The number of thiocarbonyl (C=S) groups is 1. The highest BCUT2D eigenvalue weighted by molar-refractivity contribution is 7.89. The second-order valence-electron chi connectivity index (χ2n) is 8.80. The van der Waals surface area contributed by atoms with Gasteiger partial charge in [-0.2, -0.15) is 0 Å². The van der Waals surface area contributed by atoms with Crippen molar-refractivity contribution < 1.29 is 41.1 Å². The first kappa shape index (κ1) is 29.4. The summed E-state index contributed by atoms with van der Waals surface area (Å²) >= 11 is 4.88. The summed E-state index contributed by atoms with van der Waals surface area (Å²) in [5.41, 5.74) is 0.0226. The number of carbonyl (C=O) groups is 2. The van der Waals surface area contributed by atoms with Crippen LogP contribution in [0.25, 0.3) is 0 Å². The standard InChI is InChI=1S/C24H27F2N5O7S2/c1-15(32)28-16-3-5-19(6-4-16)40(34,35)31-8-7-29(9-10-37-31)22-20(25)11-17(12-21(22)26)30-14-18(38-24(30)33)13-27-23(39)36-2/h3-6,11-12,18H,7-10,13-14H2,1-2H3,(H,27,39)(H,28,32). The van der Waals surface area contributed by atoms with E-state index in [2.05, 4.69) is 10.6 Å². The minimum Gasteiger partial charge on any atom is -0.474 e. The molecule has 2 saturated heterocycles. The highest BCUT2D eigenvalue weighted by Gasteiger charge is 2.35. The molecule has 2 amide bonds. The molecular formula is C24H27F2N5O7S2. The van der Waals surface area contributed by atoms with Gasteiger partial charge in [-0.15, -0.1) is 0 Å². The van der Waals surface area contributed by atoms with Crippen LogP contribution in [0.15, 0.2) is 41.3 Å². The van der Waals surface area contributed by atoms with Gasteiger partial charge in [-0.05, 0) is 36.5 Å². The van der Waals surface area contributed by atoms with Crippen LogP contribution in [0.5, 0.6) is 0 Å². The third-order valence-electron chi connectivity index (χ3n) is 6.05. The predicted octanol–water partition coefficient (Wildman–Crippen LogP) is 2.21. The van der Waals surface area contributed by atoms with Crippen LogP contribution >= 0.6 is 12.2 Å². The molecule has 2 N–H and O–H groups in total. The fourth-order valence-electron chi connectivity index (χ4n) is 4.19. The van der Waals surface area contributed by atoms with Crippen molar-refractivity contribution in [3.8, 4) is 0 Å². The first-order valence-electron chi connectivity index (χ1n) is 12.1. The molecule has 40 heavy (non-hydrogen) atoms. The van der Waals surface area contributed by atoms with E-state index in [9.17, 15) is 18.0 Å². The van der Waals surface area contributed by atoms with E-state index in [-0.39, 0.29) is 66.7 Å². The number of methoxy groups -OCH3 is 1. The first-order valence-corrected chi connectivity index (χ1v) is 13.9. The molecule has 2 aromatic rings. The van der Waals surface area contributed by atoms with Crippen molar-refractivity contribution in [3.05, 3.63) is 48.0 Å². The summed E-state index contributed by atoms with van der Waals surface area (Å²) in [5.74, 6) is -2.17. The molecule has 2 aliphatic heterocycles. The molecule has 0 aromatic heterocycles. The molecule has 0 aliphatic carbocycles. The van der Waals surface area contributed by atoms with Crippen molar-refractivity contribution in [3.63, 3.8) is 0 Å². The summed E-state index contributed by atoms with van der Waals surface area (Å²) in [4.78, 5) is 31.3. The van der Waals surface area contributed by atoms with Crippen molar-refractivity contribution in [2.24, 2.45) is 0 Å². The van der Waals surface area contributed by atoms with Gasteiger partial charge in [-0.1, -0.05) is 4.47 Å². The van der Waals surface area contributed by atoms with Crippen LogP contribution < -0.4 is 20.4 Å². The number of anilines is 3. The summed E-state index contributed by atoms with van der Waals surface area (Å²) in [6, 6.07) is 7.56. The molecule has 216 valence electrons. The highest BCUT2D eigenvalue weighted by Crippen LogP contribution is 2.32. The second kappa shape index (κ2) is 12.3. The van der Waals surface area contributed by atoms with Crippen molar-refractivity contribution in [1.82, 2.24) is 9.79 Å². The maximum absolute atomic E-state index is 15.2. The Morgan fingerprint density at radius 2 is 1.82 bits per heavy atom. The highest BCUT2D eigenvalue weighted by atomic mass is 32.2. The smallest absolute Gasteiger partial charge is 0.414 e. The average Bonchev–Trinajstić information content (AvgIpc) is 3.10. The lowest BCUT2D eigenvalue weighted by Gasteiger charge is -2.24. The third-order valence-corrected chi connectivity index (χ3v) is 8.06. The summed E-state index contributed by atoms with van der Waals surface area (Å²) in [5, 5.41) is 5.42. The van der Waals surface area contributed by atoms with E-state index in [1.54, 1.807) is 0 Å². The number of hydroxylamine groups is 1. The van der Waals surface area contributed by atoms with Crippen molar-refractivity contribution in [2.45, 2.75) is 17.9 Å². The topological polar surface area (TPSA) is 130 Å². The maximum Gasteiger partial charge on any atom is 0.414 e. The number of cyclic esters (lactones) is 1. The van der Waals surface area contributed by atoms with Gasteiger partial charge >= 0.3 is 6.09 Å².